The molecular formula is C28H32N2O2. The van der Waals surface area contributed by atoms with Crippen LogP contribution in [0.4, 0.5) is 0 Å². The van der Waals surface area contributed by atoms with Gasteiger partial charge in [-0.3, -0.25) is 9.97 Å². The molecule has 2 N–H and O–H groups in total. The Hall–Kier alpha value is -2.82. The first-order chi connectivity index (χ1) is 15.5. The van der Waals surface area contributed by atoms with Crippen molar-refractivity contribution in [3.63, 3.8) is 0 Å². The summed E-state index contributed by atoms with van der Waals surface area (Å²) in [6, 6.07) is 12.1. The number of aliphatic hydroxyl groups is 2. The molecule has 1 aliphatic carbocycles. The van der Waals surface area contributed by atoms with Gasteiger partial charge in [-0.15, -0.1) is 0 Å². The summed E-state index contributed by atoms with van der Waals surface area (Å²) in [5.74, 6) is 0.574. The van der Waals surface area contributed by atoms with Crippen LogP contribution in [-0.2, 0) is 6.42 Å². The maximum Gasteiger partial charge on any atom is 0.0833 e. The van der Waals surface area contributed by atoms with Crippen molar-refractivity contribution in [3.05, 3.63) is 90.0 Å². The molecule has 0 saturated heterocycles. The second-order valence-corrected chi connectivity index (χ2v) is 9.09. The Morgan fingerprint density at radius 2 is 1.91 bits per heavy atom. The topological polar surface area (TPSA) is 66.2 Å². The van der Waals surface area contributed by atoms with Crippen LogP contribution >= 0.6 is 0 Å². The Labute approximate surface area is 190 Å². The predicted molar refractivity (Wildman–Crippen MR) is 130 cm³/mol. The number of nitrogens with zero attached hydrogens (tertiary/aromatic N) is 2. The highest BCUT2D eigenvalue weighted by atomic mass is 16.3. The highest BCUT2D eigenvalue weighted by Gasteiger charge is 2.20. The molecule has 0 spiro atoms. The van der Waals surface area contributed by atoms with E-state index in [2.05, 4.69) is 22.6 Å². The molecule has 1 fully saturated rings. The van der Waals surface area contributed by atoms with E-state index in [9.17, 15) is 10.2 Å². The zero-order valence-electron chi connectivity index (χ0n) is 18.7. The van der Waals surface area contributed by atoms with Crippen LogP contribution in [0.2, 0.25) is 0 Å². The number of hydrogen-bond donors (Lipinski definition) is 2. The largest absolute Gasteiger partial charge is 0.393 e. The monoisotopic (exact) mass is 428 g/mol. The molecule has 0 aliphatic heterocycles. The van der Waals surface area contributed by atoms with Gasteiger partial charge in [0.05, 0.1) is 12.2 Å². The van der Waals surface area contributed by atoms with Crippen LogP contribution in [0.3, 0.4) is 0 Å². The van der Waals surface area contributed by atoms with Gasteiger partial charge in [0.2, 0.25) is 0 Å². The van der Waals surface area contributed by atoms with Crippen LogP contribution in [0.1, 0.15) is 62.0 Å². The molecule has 2 aromatic heterocycles. The minimum absolute atomic E-state index is 0.136. The highest BCUT2D eigenvalue weighted by Crippen LogP contribution is 2.31. The summed E-state index contributed by atoms with van der Waals surface area (Å²) >= 11 is 0. The van der Waals surface area contributed by atoms with E-state index in [-0.39, 0.29) is 6.10 Å². The molecule has 0 bridgehead atoms. The van der Waals surface area contributed by atoms with Crippen molar-refractivity contribution in [3.8, 4) is 0 Å². The van der Waals surface area contributed by atoms with E-state index in [4.69, 9.17) is 0 Å². The third-order valence-corrected chi connectivity index (χ3v) is 6.51. The van der Waals surface area contributed by atoms with Crippen LogP contribution in [0.15, 0.2) is 73.2 Å². The quantitative estimate of drug-likeness (QED) is 0.466. The van der Waals surface area contributed by atoms with Gasteiger partial charge in [0.25, 0.3) is 0 Å². The molecule has 1 atom stereocenters. The van der Waals surface area contributed by atoms with E-state index < -0.39 is 6.10 Å². The van der Waals surface area contributed by atoms with Gasteiger partial charge in [0, 0.05) is 29.7 Å². The van der Waals surface area contributed by atoms with E-state index in [1.165, 1.54) is 0 Å². The molecule has 1 saturated carbocycles. The minimum atomic E-state index is -0.597. The SMILES string of the molecule is C=C(/C=C(\C)CC(O)c1cccc2cnc(CC3CCC(O)CC3)cc12)c1ccncc1. The smallest absolute Gasteiger partial charge is 0.0833 e. The second-order valence-electron chi connectivity index (χ2n) is 9.09. The molecule has 2 heterocycles. The summed E-state index contributed by atoms with van der Waals surface area (Å²) in [6.07, 6.45) is 12.1. The van der Waals surface area contributed by atoms with E-state index in [0.29, 0.717) is 12.3 Å². The lowest BCUT2D eigenvalue weighted by atomic mass is 9.84. The minimum Gasteiger partial charge on any atom is -0.393 e. The Morgan fingerprint density at radius 3 is 2.66 bits per heavy atom. The highest BCUT2D eigenvalue weighted by molar-refractivity contribution is 5.85. The average molecular weight is 429 g/mol. The van der Waals surface area contributed by atoms with Gasteiger partial charge in [-0.1, -0.05) is 36.4 Å². The maximum absolute atomic E-state index is 11.1. The third-order valence-electron chi connectivity index (χ3n) is 6.51. The van der Waals surface area contributed by atoms with Crippen molar-refractivity contribution in [2.45, 2.75) is 57.7 Å². The van der Waals surface area contributed by atoms with Gasteiger partial charge in [-0.2, -0.15) is 0 Å². The number of aliphatic hydroxyl groups excluding tert-OH is 2. The Morgan fingerprint density at radius 1 is 1.16 bits per heavy atom. The molecule has 0 amide bonds. The summed E-state index contributed by atoms with van der Waals surface area (Å²) in [6.45, 7) is 6.19. The first kappa shape index (κ1) is 22.4. The number of allylic oxidation sites excluding steroid dienone is 2. The Bertz CT molecular complexity index is 1100. The zero-order valence-corrected chi connectivity index (χ0v) is 18.7. The number of fused-ring (bicyclic) bond motifs is 1. The van der Waals surface area contributed by atoms with Crippen molar-refractivity contribution in [2.75, 3.05) is 0 Å². The third kappa shape index (κ3) is 5.50. The van der Waals surface area contributed by atoms with Crippen LogP contribution in [0.25, 0.3) is 16.3 Å². The van der Waals surface area contributed by atoms with E-state index in [0.717, 1.165) is 70.8 Å². The van der Waals surface area contributed by atoms with Crippen molar-refractivity contribution >= 4 is 16.3 Å². The first-order valence-electron chi connectivity index (χ1n) is 11.5. The van der Waals surface area contributed by atoms with Gasteiger partial charge in [0.1, 0.15) is 0 Å². The standard InChI is InChI=1S/C28H32N2O2/c1-19(14-20(2)22-10-12-29-13-11-22)15-28(32)26-5-3-4-23-18-30-24(17-27(23)26)16-21-6-8-25(31)9-7-21/h3-5,10-14,17-18,21,25,28,31-32H,2,6-9,15-16H2,1H3/b19-14+. The van der Waals surface area contributed by atoms with Crippen molar-refractivity contribution < 1.29 is 10.2 Å². The molecule has 4 rings (SSSR count). The Kier molecular flexibility index (Phi) is 7.13. The maximum atomic E-state index is 11.1. The molecule has 1 unspecified atom stereocenters. The van der Waals surface area contributed by atoms with Gasteiger partial charge in [0.15, 0.2) is 0 Å². The van der Waals surface area contributed by atoms with Gasteiger partial charge in [-0.05, 0) is 91.7 Å². The average Bonchev–Trinajstić information content (AvgIpc) is 2.80. The Balaban J connectivity index is 1.51. The molecule has 166 valence electrons. The molecule has 4 heteroatoms. The van der Waals surface area contributed by atoms with Gasteiger partial charge < -0.3 is 10.2 Å². The van der Waals surface area contributed by atoms with Gasteiger partial charge >= 0.3 is 0 Å². The van der Waals surface area contributed by atoms with Crippen molar-refractivity contribution in [2.24, 2.45) is 5.92 Å². The van der Waals surface area contributed by atoms with Crippen LogP contribution in [-0.4, -0.2) is 26.3 Å². The van der Waals surface area contributed by atoms with E-state index in [1.54, 1.807) is 12.4 Å². The lowest BCUT2D eigenvalue weighted by Gasteiger charge is -2.25. The summed E-state index contributed by atoms with van der Waals surface area (Å²) in [4.78, 5) is 8.74. The van der Waals surface area contributed by atoms with Crippen LogP contribution in [0, 0.1) is 5.92 Å². The van der Waals surface area contributed by atoms with Gasteiger partial charge in [-0.25, -0.2) is 0 Å². The first-order valence-corrected chi connectivity index (χ1v) is 11.5. The summed E-state index contributed by atoms with van der Waals surface area (Å²) in [7, 11) is 0. The summed E-state index contributed by atoms with van der Waals surface area (Å²) in [5.41, 5.74) is 5.03. The lowest BCUT2D eigenvalue weighted by Crippen LogP contribution is -2.19. The zero-order chi connectivity index (χ0) is 22.5. The van der Waals surface area contributed by atoms with Crippen molar-refractivity contribution in [1.29, 1.82) is 0 Å². The van der Waals surface area contributed by atoms with Crippen LogP contribution in [0.5, 0.6) is 0 Å². The number of pyridine rings is 2. The molecule has 32 heavy (non-hydrogen) atoms. The van der Waals surface area contributed by atoms with E-state index >= 15 is 0 Å². The number of hydrogen-bond acceptors (Lipinski definition) is 4. The fraction of sp³-hybridized carbons (Fsp3) is 0.357. The molecule has 4 nitrogen and oxygen atoms in total. The van der Waals surface area contributed by atoms with Crippen LogP contribution < -0.4 is 0 Å². The fourth-order valence-electron chi connectivity index (χ4n) is 4.70. The molecular weight excluding hydrogens is 396 g/mol. The number of aromatic nitrogens is 2. The molecule has 0 radical (unpaired) electrons. The fourth-order valence-corrected chi connectivity index (χ4v) is 4.70. The normalized spacial score (nSPS) is 20.3. The molecule has 1 aromatic carbocycles. The summed E-state index contributed by atoms with van der Waals surface area (Å²) < 4.78 is 0. The van der Waals surface area contributed by atoms with Crippen molar-refractivity contribution in [1.82, 2.24) is 9.97 Å². The summed E-state index contributed by atoms with van der Waals surface area (Å²) in [5, 5.41) is 23.0. The number of rotatable bonds is 7. The predicted octanol–water partition coefficient (Wildman–Crippen LogP) is 5.81. The molecule has 1 aliphatic rings. The molecule has 3 aromatic rings. The number of benzene rings is 1. The second kappa shape index (κ2) is 10.2. The lowest BCUT2D eigenvalue weighted by molar-refractivity contribution is 0.108. The van der Waals surface area contributed by atoms with E-state index in [1.807, 2.05) is 49.5 Å².